The second kappa shape index (κ2) is 11.4. The molecular weight excluding hydrogens is 422 g/mol. The van der Waals surface area contributed by atoms with E-state index in [0.29, 0.717) is 0 Å². The van der Waals surface area contributed by atoms with E-state index in [1.54, 1.807) is 0 Å². The Balaban J connectivity index is -0.000000213. The monoisotopic (exact) mass is 428 g/mol. The van der Waals surface area contributed by atoms with Crippen LogP contribution in [0.5, 0.6) is 0 Å². The summed E-state index contributed by atoms with van der Waals surface area (Å²) in [6.45, 7) is 0. The molecule has 0 saturated carbocycles. The summed E-state index contributed by atoms with van der Waals surface area (Å²) in [5.74, 6) is 0. The van der Waals surface area contributed by atoms with E-state index in [1.807, 2.05) is 0 Å². The average Bonchev–Trinajstić information content (AvgIpc) is 1.90. The van der Waals surface area contributed by atoms with Crippen LogP contribution in [0.2, 0.25) is 0 Å². The molecule has 0 aliphatic heterocycles. The van der Waals surface area contributed by atoms with Gasteiger partial charge in [0.15, 0.2) is 0 Å². The van der Waals surface area contributed by atoms with E-state index >= 15 is 0 Å². The number of hydrogen-bond acceptors (Lipinski definition) is 0. The van der Waals surface area contributed by atoms with Gasteiger partial charge in [-0.15, -0.1) is 0 Å². The summed E-state index contributed by atoms with van der Waals surface area (Å²) < 4.78 is 1.31. The van der Waals surface area contributed by atoms with E-state index in [0.717, 1.165) is 37.9 Å². The summed E-state index contributed by atoms with van der Waals surface area (Å²) in [5, 5.41) is 0. The molecule has 1 aromatic rings. The third kappa shape index (κ3) is 7.77. The maximum atomic E-state index is 2.18. The third-order valence-corrected chi connectivity index (χ3v) is 2.72. The Morgan fingerprint density at radius 1 is 0.909 bits per heavy atom. The van der Waals surface area contributed by atoms with Crippen molar-refractivity contribution in [2.24, 2.45) is 0 Å². The number of benzene rings is 1. The molecule has 0 fully saturated rings. The Labute approximate surface area is 112 Å². The van der Waals surface area contributed by atoms with Crippen LogP contribution in [0.3, 0.4) is 0 Å². The number of rotatable bonds is 1. The van der Waals surface area contributed by atoms with Crippen molar-refractivity contribution in [2.45, 2.75) is 2.20 Å². The Hall–Kier alpha value is 1.41. The molecule has 0 saturated heterocycles. The van der Waals surface area contributed by atoms with Gasteiger partial charge in [-0.3, -0.25) is 0 Å². The Morgan fingerprint density at radius 3 is 1.64 bits per heavy atom. The maximum absolute atomic E-state index is 2.18. The average molecular weight is 430 g/mol. The molecular formula is C7H7Cl3Th. The molecule has 1 aromatic carbocycles. The van der Waals surface area contributed by atoms with Gasteiger partial charge in [0.1, 0.15) is 0 Å². The Kier molecular flexibility index (Phi) is 18.9. The molecule has 4 heteroatoms. The number of halogens is 3. The van der Waals surface area contributed by atoms with E-state index in [-0.39, 0.29) is 37.2 Å². The molecule has 0 radical (unpaired) electrons. The van der Waals surface area contributed by atoms with Crippen molar-refractivity contribution in [3.8, 4) is 0 Å². The van der Waals surface area contributed by atoms with Crippen LogP contribution in [0.15, 0.2) is 30.3 Å². The van der Waals surface area contributed by atoms with E-state index < -0.39 is 0 Å². The summed E-state index contributed by atoms with van der Waals surface area (Å²) >= 11 is 1.09. The normalized spacial score (nSPS) is 6.73. The van der Waals surface area contributed by atoms with Crippen molar-refractivity contribution in [2.75, 3.05) is 0 Å². The van der Waals surface area contributed by atoms with Crippen LogP contribution in [-0.2, 0) is 2.20 Å². The zero-order valence-electron chi connectivity index (χ0n) is 5.73. The van der Waals surface area contributed by atoms with Crippen molar-refractivity contribution in [3.63, 3.8) is 0 Å². The summed E-state index contributed by atoms with van der Waals surface area (Å²) in [4.78, 5) is 0. The van der Waals surface area contributed by atoms with Gasteiger partial charge in [0.05, 0.1) is 0 Å². The van der Waals surface area contributed by atoms with Crippen LogP contribution in [0, 0.1) is 37.9 Å². The zero-order chi connectivity index (χ0) is 5.82. The van der Waals surface area contributed by atoms with Gasteiger partial charge in [0, 0.05) is 0 Å². The first-order valence-electron chi connectivity index (χ1n) is 2.62. The van der Waals surface area contributed by atoms with Gasteiger partial charge in [-0.2, -0.15) is 0 Å². The van der Waals surface area contributed by atoms with Gasteiger partial charge in [-0.25, -0.2) is 0 Å². The van der Waals surface area contributed by atoms with Gasteiger partial charge in [-0.1, -0.05) is 0 Å². The summed E-state index contributed by atoms with van der Waals surface area (Å²) in [6, 6.07) is 10.6. The van der Waals surface area contributed by atoms with Crippen molar-refractivity contribution in [1.82, 2.24) is 0 Å². The molecule has 0 spiro atoms. The fraction of sp³-hybridized carbons (Fsp3) is 0.143. The molecule has 0 nitrogen and oxygen atoms in total. The van der Waals surface area contributed by atoms with E-state index in [2.05, 4.69) is 30.3 Å². The van der Waals surface area contributed by atoms with Crippen LogP contribution in [0.1, 0.15) is 5.56 Å². The standard InChI is InChI=1S/C7H7.3ClH.Th/c1-7-5-3-2-4-6-7;;;;/h2-6H,1H2;3*1H;/q;;;;+3/p-3. The van der Waals surface area contributed by atoms with Crippen molar-refractivity contribution >= 4 is 0 Å². The van der Waals surface area contributed by atoms with Crippen molar-refractivity contribution < 1.29 is 75.1 Å². The first kappa shape index (κ1) is 18.2. The molecule has 1 rings (SSSR count). The predicted molar refractivity (Wildman–Crippen MR) is 30.1 cm³/mol. The van der Waals surface area contributed by atoms with Crippen LogP contribution in [0.25, 0.3) is 0 Å². The van der Waals surface area contributed by atoms with Crippen LogP contribution < -0.4 is 37.2 Å². The first-order valence-corrected chi connectivity index (χ1v) is 5.52. The van der Waals surface area contributed by atoms with Crippen LogP contribution >= 0.6 is 0 Å². The van der Waals surface area contributed by atoms with E-state index in [1.165, 1.54) is 7.76 Å². The fourth-order valence-electron chi connectivity index (χ4n) is 0.596. The summed E-state index contributed by atoms with van der Waals surface area (Å²) in [5.41, 5.74) is 1.48. The minimum absolute atomic E-state index is 0. The third-order valence-electron chi connectivity index (χ3n) is 1.05. The molecule has 0 bridgehead atoms. The van der Waals surface area contributed by atoms with Crippen molar-refractivity contribution in [3.05, 3.63) is 35.9 Å². The van der Waals surface area contributed by atoms with Gasteiger partial charge in [0.25, 0.3) is 0 Å². The molecule has 0 heterocycles. The van der Waals surface area contributed by atoms with Gasteiger partial charge in [0.2, 0.25) is 0 Å². The SMILES string of the molecule is [Cl-].[Cl-].[Cl-].[Th+3][CH2]c1ccccc1. The minimum atomic E-state index is 0. The van der Waals surface area contributed by atoms with Crippen molar-refractivity contribution in [1.29, 1.82) is 0 Å². The molecule has 0 amide bonds. The molecule has 0 aromatic heterocycles. The second-order valence-electron chi connectivity index (χ2n) is 1.66. The molecule has 0 N–H and O–H groups in total. The second-order valence-corrected chi connectivity index (χ2v) is 3.12. The summed E-state index contributed by atoms with van der Waals surface area (Å²) in [7, 11) is 0. The fourth-order valence-corrected chi connectivity index (χ4v) is 1.56. The number of hydrogen-bond donors (Lipinski definition) is 0. The Bertz CT molecular complexity index is 155. The Morgan fingerprint density at radius 2 is 1.36 bits per heavy atom. The molecule has 0 atom stereocenters. The van der Waals surface area contributed by atoms with E-state index in [9.17, 15) is 0 Å². The van der Waals surface area contributed by atoms with Crippen LogP contribution in [0.4, 0.5) is 0 Å². The van der Waals surface area contributed by atoms with E-state index in [4.69, 9.17) is 0 Å². The molecule has 0 aliphatic carbocycles. The predicted octanol–water partition coefficient (Wildman–Crippen LogP) is -7.25. The summed E-state index contributed by atoms with van der Waals surface area (Å²) in [6.07, 6.45) is 0. The topological polar surface area (TPSA) is 0 Å². The molecule has 0 unspecified atom stereocenters. The zero-order valence-corrected chi connectivity index (χ0v) is 12.1. The molecule has 0 aliphatic rings. The van der Waals surface area contributed by atoms with Crippen LogP contribution in [-0.4, -0.2) is 0 Å². The first-order chi connectivity index (χ1) is 3.93. The quantitative estimate of drug-likeness (QED) is 0.416. The van der Waals surface area contributed by atoms with Gasteiger partial charge >= 0.3 is 76.0 Å². The molecule has 11 heavy (non-hydrogen) atoms. The van der Waals surface area contributed by atoms with Gasteiger partial charge in [-0.05, 0) is 0 Å². The molecule has 60 valence electrons. The van der Waals surface area contributed by atoms with Gasteiger partial charge < -0.3 is 37.2 Å².